The van der Waals surface area contributed by atoms with E-state index in [4.69, 9.17) is 10.5 Å². The number of hydrogen-bond acceptors (Lipinski definition) is 4. The van der Waals surface area contributed by atoms with Crippen LogP contribution in [0.5, 0.6) is 5.75 Å². The normalized spacial score (nSPS) is 9.86. The first kappa shape index (κ1) is 10.5. The number of esters is 1. The average Bonchev–Trinajstić information content (AvgIpc) is 2.17. The van der Waals surface area contributed by atoms with Gasteiger partial charge in [0, 0.05) is 6.54 Å². The third-order valence-electron chi connectivity index (χ3n) is 1.72. The van der Waals surface area contributed by atoms with Gasteiger partial charge in [0.05, 0.1) is 12.2 Å². The van der Waals surface area contributed by atoms with Gasteiger partial charge in [0.1, 0.15) is 5.75 Å². The van der Waals surface area contributed by atoms with E-state index < -0.39 is 5.97 Å². The van der Waals surface area contributed by atoms with Gasteiger partial charge in [-0.05, 0) is 30.7 Å². The molecule has 4 nitrogen and oxygen atoms in total. The zero-order chi connectivity index (χ0) is 10.6. The van der Waals surface area contributed by atoms with Crippen LogP contribution in [0.2, 0.25) is 0 Å². The Bertz CT molecular complexity index is 336. The first-order chi connectivity index (χ1) is 6.67. The number of rotatable bonds is 3. The number of aromatic hydroxyl groups is 1. The molecule has 3 N–H and O–H groups in total. The Morgan fingerprint density at radius 1 is 1.50 bits per heavy atom. The molecule has 1 aromatic rings. The number of ether oxygens (including phenoxy) is 1. The van der Waals surface area contributed by atoms with E-state index in [2.05, 4.69) is 0 Å². The molecule has 14 heavy (non-hydrogen) atoms. The SMILES string of the molecule is CCOC(=O)c1cc(O)cc(CN)c1. The summed E-state index contributed by atoms with van der Waals surface area (Å²) in [5.41, 5.74) is 6.43. The van der Waals surface area contributed by atoms with Gasteiger partial charge in [-0.2, -0.15) is 0 Å². The monoisotopic (exact) mass is 195 g/mol. The second-order valence-corrected chi connectivity index (χ2v) is 2.81. The molecule has 0 aliphatic rings. The average molecular weight is 195 g/mol. The summed E-state index contributed by atoms with van der Waals surface area (Å²) in [7, 11) is 0. The van der Waals surface area contributed by atoms with Gasteiger partial charge < -0.3 is 15.6 Å². The zero-order valence-corrected chi connectivity index (χ0v) is 7.99. The minimum absolute atomic E-state index is 0.0241. The second-order valence-electron chi connectivity index (χ2n) is 2.81. The van der Waals surface area contributed by atoms with Crippen LogP contribution in [0.4, 0.5) is 0 Å². The van der Waals surface area contributed by atoms with Crippen molar-refractivity contribution in [2.24, 2.45) is 5.73 Å². The maximum atomic E-state index is 11.3. The van der Waals surface area contributed by atoms with E-state index in [1.165, 1.54) is 12.1 Å². The van der Waals surface area contributed by atoms with E-state index >= 15 is 0 Å². The van der Waals surface area contributed by atoms with E-state index in [0.29, 0.717) is 17.7 Å². The van der Waals surface area contributed by atoms with Crippen molar-refractivity contribution in [3.8, 4) is 5.75 Å². The standard InChI is InChI=1S/C10H13NO3/c1-2-14-10(13)8-3-7(6-11)4-9(12)5-8/h3-5,12H,2,6,11H2,1H3. The predicted molar refractivity (Wildman–Crippen MR) is 52.0 cm³/mol. The van der Waals surface area contributed by atoms with Crippen LogP contribution >= 0.6 is 0 Å². The van der Waals surface area contributed by atoms with Crippen LogP contribution in [0.1, 0.15) is 22.8 Å². The molecule has 76 valence electrons. The molecule has 0 amide bonds. The number of carbonyl (C=O) groups is 1. The van der Waals surface area contributed by atoms with E-state index in [1.54, 1.807) is 13.0 Å². The number of nitrogens with two attached hydrogens (primary N) is 1. The highest BCUT2D eigenvalue weighted by Gasteiger charge is 2.08. The maximum absolute atomic E-state index is 11.3. The summed E-state index contributed by atoms with van der Waals surface area (Å²) in [5, 5.41) is 9.28. The summed E-state index contributed by atoms with van der Waals surface area (Å²) in [6.07, 6.45) is 0. The van der Waals surface area contributed by atoms with Crippen LogP contribution in [0, 0.1) is 0 Å². The lowest BCUT2D eigenvalue weighted by atomic mass is 10.1. The van der Waals surface area contributed by atoms with Gasteiger partial charge in [-0.25, -0.2) is 4.79 Å². The highest BCUT2D eigenvalue weighted by molar-refractivity contribution is 5.90. The lowest BCUT2D eigenvalue weighted by Crippen LogP contribution is -2.06. The van der Waals surface area contributed by atoms with Crippen LogP contribution in [0.15, 0.2) is 18.2 Å². The minimum atomic E-state index is -0.446. The topological polar surface area (TPSA) is 72.5 Å². The Morgan fingerprint density at radius 3 is 2.79 bits per heavy atom. The van der Waals surface area contributed by atoms with E-state index in [1.807, 2.05) is 0 Å². The van der Waals surface area contributed by atoms with Crippen molar-refractivity contribution in [1.82, 2.24) is 0 Å². The smallest absolute Gasteiger partial charge is 0.338 e. The van der Waals surface area contributed by atoms with Gasteiger partial charge in [-0.15, -0.1) is 0 Å². The number of hydrogen-bond donors (Lipinski definition) is 2. The molecule has 0 spiro atoms. The third kappa shape index (κ3) is 2.47. The molecule has 0 bridgehead atoms. The number of benzene rings is 1. The molecule has 4 heteroatoms. The Labute approximate surface area is 82.3 Å². The van der Waals surface area contributed by atoms with Gasteiger partial charge in [0.25, 0.3) is 0 Å². The quantitative estimate of drug-likeness (QED) is 0.706. The summed E-state index contributed by atoms with van der Waals surface area (Å²) in [6.45, 7) is 2.32. The van der Waals surface area contributed by atoms with Crippen LogP contribution in [0.3, 0.4) is 0 Å². The molecule has 1 rings (SSSR count). The van der Waals surface area contributed by atoms with E-state index in [0.717, 1.165) is 0 Å². The van der Waals surface area contributed by atoms with Crippen molar-refractivity contribution in [2.75, 3.05) is 6.61 Å². The molecule has 0 fully saturated rings. The first-order valence-corrected chi connectivity index (χ1v) is 4.37. The van der Waals surface area contributed by atoms with Crippen molar-refractivity contribution in [3.05, 3.63) is 29.3 Å². The molecular weight excluding hydrogens is 182 g/mol. The van der Waals surface area contributed by atoms with E-state index in [-0.39, 0.29) is 12.3 Å². The minimum Gasteiger partial charge on any atom is -0.508 e. The van der Waals surface area contributed by atoms with Gasteiger partial charge >= 0.3 is 5.97 Å². The summed E-state index contributed by atoms with van der Waals surface area (Å²) < 4.78 is 4.79. The molecule has 0 aliphatic carbocycles. The van der Waals surface area contributed by atoms with Gasteiger partial charge in [-0.1, -0.05) is 0 Å². The molecule has 0 unspecified atom stereocenters. The van der Waals surface area contributed by atoms with Crippen molar-refractivity contribution >= 4 is 5.97 Å². The van der Waals surface area contributed by atoms with Gasteiger partial charge in [0.2, 0.25) is 0 Å². The van der Waals surface area contributed by atoms with E-state index in [9.17, 15) is 9.90 Å². The number of phenols is 1. The van der Waals surface area contributed by atoms with Crippen LogP contribution in [0.25, 0.3) is 0 Å². The summed E-state index contributed by atoms with van der Waals surface area (Å²) >= 11 is 0. The molecule has 0 atom stereocenters. The molecule has 0 aliphatic heterocycles. The Balaban J connectivity index is 2.96. The predicted octanol–water partition coefficient (Wildman–Crippen LogP) is 1.03. The van der Waals surface area contributed by atoms with Crippen LogP contribution in [-0.2, 0) is 11.3 Å². The molecule has 0 aromatic heterocycles. The van der Waals surface area contributed by atoms with Crippen molar-refractivity contribution < 1.29 is 14.6 Å². The fraction of sp³-hybridized carbons (Fsp3) is 0.300. The largest absolute Gasteiger partial charge is 0.508 e. The molecule has 0 saturated heterocycles. The van der Waals surface area contributed by atoms with Crippen LogP contribution in [-0.4, -0.2) is 17.7 Å². The lowest BCUT2D eigenvalue weighted by molar-refractivity contribution is 0.0526. The first-order valence-electron chi connectivity index (χ1n) is 4.37. The second kappa shape index (κ2) is 4.62. The molecule has 1 aromatic carbocycles. The zero-order valence-electron chi connectivity index (χ0n) is 7.99. The van der Waals surface area contributed by atoms with Crippen molar-refractivity contribution in [3.63, 3.8) is 0 Å². The molecular formula is C10H13NO3. The number of carbonyl (C=O) groups excluding carboxylic acids is 1. The van der Waals surface area contributed by atoms with Gasteiger partial charge in [-0.3, -0.25) is 0 Å². The molecule has 0 saturated carbocycles. The number of phenolic OH excluding ortho intramolecular Hbond substituents is 1. The summed E-state index contributed by atoms with van der Waals surface area (Å²) in [6, 6.07) is 4.48. The fourth-order valence-corrected chi connectivity index (χ4v) is 1.12. The Hall–Kier alpha value is -1.55. The van der Waals surface area contributed by atoms with Crippen LogP contribution < -0.4 is 5.73 Å². The maximum Gasteiger partial charge on any atom is 0.338 e. The lowest BCUT2D eigenvalue weighted by Gasteiger charge is -2.04. The highest BCUT2D eigenvalue weighted by atomic mass is 16.5. The molecule has 0 radical (unpaired) electrons. The summed E-state index contributed by atoms with van der Waals surface area (Å²) in [5.74, 6) is -0.422. The molecule has 0 heterocycles. The fourth-order valence-electron chi connectivity index (χ4n) is 1.12. The Kier molecular flexibility index (Phi) is 3.48. The van der Waals surface area contributed by atoms with Crippen molar-refractivity contribution in [2.45, 2.75) is 13.5 Å². The Morgan fingerprint density at radius 2 is 2.21 bits per heavy atom. The van der Waals surface area contributed by atoms with Crippen molar-refractivity contribution in [1.29, 1.82) is 0 Å². The summed E-state index contributed by atoms with van der Waals surface area (Å²) in [4.78, 5) is 11.3. The van der Waals surface area contributed by atoms with Gasteiger partial charge in [0.15, 0.2) is 0 Å². The third-order valence-corrected chi connectivity index (χ3v) is 1.72. The highest BCUT2D eigenvalue weighted by Crippen LogP contribution is 2.16.